The van der Waals surface area contributed by atoms with Crippen molar-refractivity contribution in [2.24, 2.45) is 0 Å². The highest BCUT2D eigenvalue weighted by atomic mass is 16.2. The lowest BCUT2D eigenvalue weighted by Gasteiger charge is -2.37. The molecule has 0 atom stereocenters. The van der Waals surface area contributed by atoms with Crippen molar-refractivity contribution in [3.05, 3.63) is 92.0 Å². The quantitative estimate of drug-likeness (QED) is 0.123. The van der Waals surface area contributed by atoms with Crippen molar-refractivity contribution in [3.63, 3.8) is 0 Å². The van der Waals surface area contributed by atoms with Crippen LogP contribution in [0.25, 0.3) is 22.1 Å². The maximum Gasteiger partial charge on any atom is 0.263 e. The molecule has 2 saturated heterocycles. The van der Waals surface area contributed by atoms with Crippen LogP contribution in [0.3, 0.4) is 0 Å². The first-order valence-corrected chi connectivity index (χ1v) is 25.2. The van der Waals surface area contributed by atoms with Crippen LogP contribution in [0.1, 0.15) is 122 Å². The van der Waals surface area contributed by atoms with Crippen LogP contribution >= 0.6 is 0 Å². The second-order valence-electron chi connectivity index (χ2n) is 19.5. The van der Waals surface area contributed by atoms with Gasteiger partial charge in [0.25, 0.3) is 11.1 Å². The average molecular weight is 977 g/mol. The molecule has 0 bridgehead atoms. The van der Waals surface area contributed by atoms with E-state index in [1.54, 1.807) is 47.8 Å². The van der Waals surface area contributed by atoms with Crippen LogP contribution in [0.4, 0.5) is 34.9 Å². The molecule has 20 heteroatoms. The fourth-order valence-electron chi connectivity index (χ4n) is 11.1. The van der Waals surface area contributed by atoms with Crippen LogP contribution < -0.4 is 31.6 Å². The summed E-state index contributed by atoms with van der Waals surface area (Å²) in [6, 6.07) is 7.58. The summed E-state index contributed by atoms with van der Waals surface area (Å²) >= 11 is 0. The van der Waals surface area contributed by atoms with Gasteiger partial charge in [-0.2, -0.15) is 9.97 Å². The third kappa shape index (κ3) is 9.48. The number of rotatable bonds is 13. The van der Waals surface area contributed by atoms with Gasteiger partial charge in [-0.05, 0) is 88.8 Å². The number of ketones is 2. The molecule has 72 heavy (non-hydrogen) atoms. The van der Waals surface area contributed by atoms with Crippen molar-refractivity contribution in [2.75, 3.05) is 72.8 Å². The molecule has 4 fully saturated rings. The second-order valence-corrected chi connectivity index (χ2v) is 19.5. The number of nitrogens with zero attached hydrogens (tertiary/aromatic N) is 12. The molecule has 10 rings (SSSR count). The maximum absolute atomic E-state index is 13.6. The number of Topliss-reactive ketones (excluding diaryl/α,β-unsaturated/α-hetero) is 2. The molecule has 0 spiro atoms. The van der Waals surface area contributed by atoms with Gasteiger partial charge in [0.05, 0.1) is 34.9 Å². The highest BCUT2D eigenvalue weighted by molar-refractivity contribution is 6.00. The van der Waals surface area contributed by atoms with E-state index >= 15 is 0 Å². The Bertz CT molecular complexity index is 2990. The number of hydrogen-bond acceptors (Lipinski definition) is 16. The first kappa shape index (κ1) is 48.0. The zero-order valence-electron chi connectivity index (χ0n) is 41.3. The molecule has 4 aliphatic rings. The van der Waals surface area contributed by atoms with E-state index in [0.29, 0.717) is 109 Å². The maximum atomic E-state index is 13.6. The van der Waals surface area contributed by atoms with Crippen LogP contribution in [-0.4, -0.2) is 125 Å². The van der Waals surface area contributed by atoms with Gasteiger partial charge in [-0.25, -0.2) is 19.9 Å². The number of aryl methyl sites for hydroxylation is 2. The number of fused-ring (bicyclic) bond motifs is 2. The molecule has 2 amide bonds. The van der Waals surface area contributed by atoms with Crippen molar-refractivity contribution in [1.29, 1.82) is 0 Å². The Morgan fingerprint density at radius 1 is 0.528 bits per heavy atom. The molecule has 20 nitrogen and oxygen atoms in total. The molecule has 0 radical (unpaired) electrons. The van der Waals surface area contributed by atoms with E-state index in [4.69, 9.17) is 9.97 Å². The summed E-state index contributed by atoms with van der Waals surface area (Å²) in [4.78, 5) is 115. The van der Waals surface area contributed by atoms with Crippen LogP contribution in [-0.2, 0) is 9.59 Å². The van der Waals surface area contributed by atoms with Crippen LogP contribution in [0, 0.1) is 13.8 Å². The first-order valence-electron chi connectivity index (χ1n) is 25.2. The molecule has 0 unspecified atom stereocenters. The van der Waals surface area contributed by atoms with Gasteiger partial charge >= 0.3 is 0 Å². The Morgan fingerprint density at radius 3 is 1.24 bits per heavy atom. The average Bonchev–Trinajstić information content (AvgIpc) is 4.12. The topological polar surface area (TPSA) is 227 Å². The second kappa shape index (κ2) is 20.2. The number of pyridine rings is 4. The van der Waals surface area contributed by atoms with Crippen molar-refractivity contribution in [3.8, 4) is 0 Å². The fourth-order valence-corrected chi connectivity index (χ4v) is 11.1. The van der Waals surface area contributed by atoms with E-state index < -0.39 is 0 Å². The normalized spacial score (nSPS) is 16.8. The number of carbonyl (C=O) groups is 4. The van der Waals surface area contributed by atoms with E-state index in [2.05, 4.69) is 40.4 Å². The first-order chi connectivity index (χ1) is 34.8. The molecular weight excluding hydrogens is 917 g/mol. The fraction of sp³-hybridized carbons (Fsp3) is 0.462. The molecule has 8 heterocycles. The zero-order valence-corrected chi connectivity index (χ0v) is 41.3. The third-order valence-corrected chi connectivity index (χ3v) is 15.0. The van der Waals surface area contributed by atoms with E-state index in [9.17, 15) is 28.8 Å². The Labute approximate surface area is 415 Å². The van der Waals surface area contributed by atoms with Gasteiger partial charge in [-0.3, -0.25) is 37.9 Å². The van der Waals surface area contributed by atoms with Crippen molar-refractivity contribution in [2.45, 2.75) is 104 Å². The van der Waals surface area contributed by atoms with E-state index in [1.165, 1.54) is 13.8 Å². The smallest absolute Gasteiger partial charge is 0.263 e. The summed E-state index contributed by atoms with van der Waals surface area (Å²) in [5.41, 5.74) is 3.83. The van der Waals surface area contributed by atoms with E-state index in [0.717, 1.165) is 62.7 Å². The Hall–Kier alpha value is -7.64. The van der Waals surface area contributed by atoms with Gasteiger partial charge in [0, 0.05) is 100 Å². The van der Waals surface area contributed by atoms with E-state index in [-0.39, 0.29) is 70.6 Å². The molecular formula is C52H60N14O6. The Balaban J connectivity index is 0.682. The lowest BCUT2D eigenvalue weighted by molar-refractivity contribution is -0.137. The largest absolute Gasteiger partial charge is 0.367 e. The Morgan fingerprint density at radius 2 is 0.903 bits per heavy atom. The summed E-state index contributed by atoms with van der Waals surface area (Å²) in [5, 5.41) is 7.72. The van der Waals surface area contributed by atoms with Gasteiger partial charge in [0.1, 0.15) is 22.9 Å². The van der Waals surface area contributed by atoms with Gasteiger partial charge in [-0.15, -0.1) is 0 Å². The summed E-state index contributed by atoms with van der Waals surface area (Å²) in [5.74, 6) is 1.09. The third-order valence-electron chi connectivity index (χ3n) is 15.0. The van der Waals surface area contributed by atoms with Crippen LogP contribution in [0.2, 0.25) is 0 Å². The lowest BCUT2D eigenvalue weighted by atomic mass is 10.0. The number of carbonyl (C=O) groups excluding carboxylic acids is 4. The summed E-state index contributed by atoms with van der Waals surface area (Å²) in [7, 11) is 0. The number of nitrogens with one attached hydrogen (secondary N) is 2. The minimum atomic E-state index is -0.297. The SMILES string of the molecule is CC(=O)c1c(C)c2cnc(Nc3ccc(N4CCN(C(=O)CCC(=O)N5CCN(c6ccc(Nc7ncc8c(C)c(C(C)=O)c(=O)n(C9CCCC9)c8n7)nc6)CC5)CC4)cn3)nc2n(C2CCCC2)c1=O. The van der Waals surface area contributed by atoms with Gasteiger partial charge in [-0.1, -0.05) is 25.7 Å². The standard InChI is InChI=1S/C52H60N14O6/c1-31-39-29-55-51(59-47(39)65(35-9-5-6-10-35)49(71)45(31)33(3)67)57-41-15-13-37(27-53-41)61-19-23-63(24-20-61)43(69)17-18-44(70)64-25-21-62(22-26-64)38-14-16-42(54-28-38)58-52-56-30-40-32(2)46(34(4)68)50(72)66(48(40)60-52)36-11-7-8-12-36/h13-16,27-30,35-36H,5-12,17-26H2,1-4H3,(H,53,55,57,59)(H,54,56,58,60). The molecule has 2 aliphatic carbocycles. The minimum absolute atomic E-state index is 0.0184. The molecule has 6 aromatic heterocycles. The minimum Gasteiger partial charge on any atom is -0.367 e. The molecule has 2 aliphatic heterocycles. The summed E-state index contributed by atoms with van der Waals surface area (Å²) in [6.45, 7) is 11.0. The Kier molecular flexibility index (Phi) is 13.5. The number of amides is 2. The van der Waals surface area contributed by atoms with Crippen molar-refractivity contribution in [1.82, 2.24) is 48.8 Å². The monoisotopic (exact) mass is 976 g/mol. The van der Waals surface area contributed by atoms with Gasteiger partial charge in [0.2, 0.25) is 23.7 Å². The number of piperazine rings is 2. The number of anilines is 6. The van der Waals surface area contributed by atoms with Gasteiger partial charge in [0.15, 0.2) is 11.6 Å². The molecule has 2 saturated carbocycles. The lowest BCUT2D eigenvalue weighted by Crippen LogP contribution is -2.50. The van der Waals surface area contributed by atoms with Crippen molar-refractivity contribution < 1.29 is 19.2 Å². The highest BCUT2D eigenvalue weighted by Crippen LogP contribution is 2.34. The number of aromatic nitrogens is 8. The highest BCUT2D eigenvalue weighted by Gasteiger charge is 2.29. The van der Waals surface area contributed by atoms with Crippen LogP contribution in [0.15, 0.2) is 58.6 Å². The summed E-state index contributed by atoms with van der Waals surface area (Å²) < 4.78 is 3.38. The summed E-state index contributed by atoms with van der Waals surface area (Å²) in [6.07, 6.45) is 14.7. The van der Waals surface area contributed by atoms with Crippen molar-refractivity contribution >= 4 is 80.4 Å². The number of hydrogen-bond donors (Lipinski definition) is 2. The van der Waals surface area contributed by atoms with Gasteiger partial charge < -0.3 is 30.2 Å². The molecule has 0 aromatic carbocycles. The molecule has 374 valence electrons. The van der Waals surface area contributed by atoms with Crippen LogP contribution in [0.5, 0.6) is 0 Å². The molecule has 2 N–H and O–H groups in total. The zero-order chi connectivity index (χ0) is 50.2. The van der Waals surface area contributed by atoms with E-state index in [1.807, 2.05) is 34.1 Å². The molecule has 6 aromatic rings. The predicted molar refractivity (Wildman–Crippen MR) is 274 cm³/mol. The predicted octanol–water partition coefficient (Wildman–Crippen LogP) is 6.20.